The Labute approximate surface area is 222 Å². The van der Waals surface area contributed by atoms with E-state index in [0.29, 0.717) is 17.1 Å². The lowest BCUT2D eigenvalue weighted by Crippen LogP contribution is -2.17. The van der Waals surface area contributed by atoms with Crippen molar-refractivity contribution < 1.29 is 27.4 Å². The number of aromatic nitrogens is 3. The fourth-order valence-electron chi connectivity index (χ4n) is 4.02. The van der Waals surface area contributed by atoms with Gasteiger partial charge in [-0.2, -0.15) is 0 Å². The molecule has 5 aromatic rings. The number of hydrogen-bond acceptors (Lipinski definition) is 5. The minimum absolute atomic E-state index is 0.0880. The van der Waals surface area contributed by atoms with Gasteiger partial charge in [-0.1, -0.05) is 84.9 Å². The zero-order valence-electron chi connectivity index (χ0n) is 20.5. The number of nitrogens with zero attached hydrogens (tertiary/aromatic N) is 3. The lowest BCUT2D eigenvalue weighted by atomic mass is 10.0. The second-order valence-electron chi connectivity index (χ2n) is 8.62. The first-order chi connectivity index (χ1) is 18.8. The van der Waals surface area contributed by atoms with Gasteiger partial charge in [0.1, 0.15) is 12.1 Å². The summed E-state index contributed by atoms with van der Waals surface area (Å²) < 4.78 is 48.4. The van der Waals surface area contributed by atoms with E-state index in [4.69, 9.17) is 4.74 Å². The Morgan fingerprint density at radius 3 is 1.95 bits per heavy atom. The summed E-state index contributed by atoms with van der Waals surface area (Å²) in [6.07, 6.45) is -3.71. The van der Waals surface area contributed by atoms with Crippen molar-refractivity contribution in [2.24, 2.45) is 0 Å². The highest BCUT2D eigenvalue weighted by molar-refractivity contribution is 5.73. The summed E-state index contributed by atoms with van der Waals surface area (Å²) >= 11 is 0. The van der Waals surface area contributed by atoms with E-state index in [1.165, 1.54) is 35.3 Å². The second kappa shape index (κ2) is 11.2. The largest absolute Gasteiger partial charge is 0.573 e. The minimum atomic E-state index is -4.75. The Morgan fingerprint density at radius 1 is 0.795 bits per heavy atom. The summed E-state index contributed by atoms with van der Waals surface area (Å²) in [5, 5.41) is 4.40. The number of alkyl halides is 3. The van der Waals surface area contributed by atoms with Crippen LogP contribution in [0.5, 0.6) is 5.75 Å². The fourth-order valence-corrected chi connectivity index (χ4v) is 4.02. The molecule has 1 heterocycles. The number of benzene rings is 4. The number of halogens is 3. The Kier molecular flexibility index (Phi) is 7.40. The third-order valence-electron chi connectivity index (χ3n) is 5.84. The molecular weight excluding hydrogens is 507 g/mol. The lowest BCUT2D eigenvalue weighted by Gasteiger charge is -2.19. The second-order valence-corrected chi connectivity index (χ2v) is 8.62. The summed E-state index contributed by atoms with van der Waals surface area (Å²) in [4.78, 5) is 17.2. The monoisotopic (exact) mass is 529 g/mol. The van der Waals surface area contributed by atoms with Gasteiger partial charge in [-0.3, -0.25) is 4.79 Å². The molecule has 6 nitrogen and oxygen atoms in total. The van der Waals surface area contributed by atoms with Gasteiger partial charge in [0.25, 0.3) is 0 Å². The van der Waals surface area contributed by atoms with E-state index in [9.17, 15) is 18.0 Å². The van der Waals surface area contributed by atoms with Crippen molar-refractivity contribution in [1.82, 2.24) is 14.8 Å². The lowest BCUT2D eigenvalue weighted by molar-refractivity contribution is -0.274. The number of carbonyl (C=O) groups excluding carboxylic acids is 1. The van der Waals surface area contributed by atoms with Gasteiger partial charge in [-0.25, -0.2) is 9.67 Å². The van der Waals surface area contributed by atoms with Crippen molar-refractivity contribution in [3.63, 3.8) is 0 Å². The van der Waals surface area contributed by atoms with Crippen molar-refractivity contribution in [3.8, 4) is 22.8 Å². The maximum Gasteiger partial charge on any atom is 0.573 e. The molecule has 9 heteroatoms. The van der Waals surface area contributed by atoms with Crippen molar-refractivity contribution in [2.45, 2.75) is 18.9 Å². The van der Waals surface area contributed by atoms with Crippen molar-refractivity contribution >= 4 is 5.97 Å². The van der Waals surface area contributed by atoms with Gasteiger partial charge in [0, 0.05) is 5.56 Å². The number of ether oxygens (including phenoxy) is 2. The first-order valence-electron chi connectivity index (χ1n) is 12.0. The van der Waals surface area contributed by atoms with Crippen molar-refractivity contribution in [1.29, 1.82) is 0 Å². The zero-order chi connectivity index (χ0) is 27.2. The van der Waals surface area contributed by atoms with Gasteiger partial charge in [-0.05, 0) is 41.0 Å². The van der Waals surface area contributed by atoms with Crippen LogP contribution < -0.4 is 4.74 Å². The number of hydrogen-bond donors (Lipinski definition) is 0. The Hall–Kier alpha value is -4.92. The summed E-state index contributed by atoms with van der Waals surface area (Å²) in [7, 11) is 0. The van der Waals surface area contributed by atoms with Gasteiger partial charge in [0.15, 0.2) is 11.9 Å². The van der Waals surface area contributed by atoms with Gasteiger partial charge in [-0.15, -0.1) is 18.3 Å². The molecule has 0 aliphatic carbocycles. The van der Waals surface area contributed by atoms with E-state index in [1.807, 2.05) is 60.7 Å². The Balaban J connectivity index is 1.24. The van der Waals surface area contributed by atoms with Crippen LogP contribution >= 0.6 is 0 Å². The van der Waals surface area contributed by atoms with Gasteiger partial charge in [0.2, 0.25) is 0 Å². The van der Waals surface area contributed by atoms with E-state index < -0.39 is 12.5 Å². The molecule has 0 aliphatic heterocycles. The highest BCUT2D eigenvalue weighted by Gasteiger charge is 2.31. The van der Waals surface area contributed by atoms with Crippen LogP contribution in [0.3, 0.4) is 0 Å². The van der Waals surface area contributed by atoms with Crippen LogP contribution in [0.25, 0.3) is 17.1 Å². The van der Waals surface area contributed by atoms with Gasteiger partial charge < -0.3 is 9.47 Å². The molecule has 0 atom stereocenters. The molecule has 0 amide bonds. The predicted octanol–water partition coefficient (Wildman–Crippen LogP) is 6.71. The zero-order valence-corrected chi connectivity index (χ0v) is 20.5. The summed E-state index contributed by atoms with van der Waals surface area (Å²) in [5.41, 5.74) is 3.78. The molecule has 0 saturated heterocycles. The third-order valence-corrected chi connectivity index (χ3v) is 5.84. The summed E-state index contributed by atoms with van der Waals surface area (Å²) in [6, 6.07) is 31.7. The average molecular weight is 530 g/mol. The van der Waals surface area contributed by atoms with E-state index in [2.05, 4.69) is 14.8 Å². The van der Waals surface area contributed by atoms with Gasteiger partial charge in [0.05, 0.1) is 12.1 Å². The van der Waals surface area contributed by atoms with Crippen molar-refractivity contribution in [3.05, 3.63) is 132 Å². The highest BCUT2D eigenvalue weighted by atomic mass is 19.4. The Bertz CT molecular complexity index is 1480. The maximum atomic E-state index is 12.9. The van der Waals surface area contributed by atoms with Gasteiger partial charge >= 0.3 is 12.3 Å². The molecule has 0 N–H and O–H groups in total. The number of esters is 1. The van der Waals surface area contributed by atoms with Crippen LogP contribution in [-0.4, -0.2) is 27.1 Å². The molecule has 196 valence electrons. The number of rotatable bonds is 8. The molecule has 0 saturated carbocycles. The smallest absolute Gasteiger partial charge is 0.452 e. The van der Waals surface area contributed by atoms with E-state index in [0.717, 1.165) is 16.7 Å². The highest BCUT2D eigenvalue weighted by Crippen LogP contribution is 2.27. The number of carbonyl (C=O) groups is 1. The minimum Gasteiger partial charge on any atom is -0.452 e. The first-order valence-corrected chi connectivity index (χ1v) is 12.0. The topological polar surface area (TPSA) is 66.2 Å². The maximum absolute atomic E-state index is 12.9. The quantitative estimate of drug-likeness (QED) is 0.209. The van der Waals surface area contributed by atoms with Crippen LogP contribution in [-0.2, 0) is 16.0 Å². The van der Waals surface area contributed by atoms with E-state index >= 15 is 0 Å². The summed E-state index contributed by atoms with van der Waals surface area (Å²) in [5.74, 6) is -0.256. The van der Waals surface area contributed by atoms with Crippen LogP contribution in [0.4, 0.5) is 13.2 Å². The molecule has 4 aromatic carbocycles. The molecule has 0 aliphatic rings. The van der Waals surface area contributed by atoms with Crippen LogP contribution in [0, 0.1) is 0 Å². The summed E-state index contributed by atoms with van der Waals surface area (Å²) in [6.45, 7) is 0. The van der Waals surface area contributed by atoms with E-state index in [-0.39, 0.29) is 18.1 Å². The standard InChI is InChI=1S/C30H22F3N3O3/c31-30(32,33)39-26-17-15-25(16-18-26)36-20-34-29(35-36)24-13-11-21(12-14-24)19-27(37)38-28(22-7-3-1-4-8-22)23-9-5-2-6-10-23/h1-18,20,28H,19H2. The molecule has 0 unspecified atom stereocenters. The van der Waals surface area contributed by atoms with E-state index in [1.54, 1.807) is 24.3 Å². The molecule has 0 radical (unpaired) electrons. The Morgan fingerprint density at radius 2 is 1.38 bits per heavy atom. The molecule has 0 bridgehead atoms. The fraction of sp³-hybridized carbons (Fsp3) is 0.100. The first kappa shape index (κ1) is 25.7. The molecule has 1 aromatic heterocycles. The average Bonchev–Trinajstić information content (AvgIpc) is 3.43. The normalized spacial score (nSPS) is 11.4. The van der Waals surface area contributed by atoms with Crippen LogP contribution in [0.15, 0.2) is 116 Å². The molecule has 5 rings (SSSR count). The molecular formula is C30H22F3N3O3. The van der Waals surface area contributed by atoms with Crippen LogP contribution in [0.1, 0.15) is 22.8 Å². The van der Waals surface area contributed by atoms with Crippen molar-refractivity contribution in [2.75, 3.05) is 0 Å². The predicted molar refractivity (Wildman–Crippen MR) is 138 cm³/mol. The molecule has 0 fully saturated rings. The third kappa shape index (κ3) is 6.70. The molecule has 39 heavy (non-hydrogen) atoms. The molecule has 0 spiro atoms. The SMILES string of the molecule is O=C(Cc1ccc(-c2ncn(-c3ccc(OC(F)(F)F)cc3)n2)cc1)OC(c1ccccc1)c1ccccc1. The van der Waals surface area contributed by atoms with Crippen LogP contribution in [0.2, 0.25) is 0 Å².